The Morgan fingerprint density at radius 3 is 2.83 bits per heavy atom. The van der Waals surface area contributed by atoms with E-state index in [2.05, 4.69) is 25.2 Å². The molecule has 24 heavy (non-hydrogen) atoms. The molecule has 1 aliphatic heterocycles. The number of hydrogen-bond acceptors (Lipinski definition) is 6. The Balaban J connectivity index is 1.62. The van der Waals surface area contributed by atoms with Crippen LogP contribution in [0.15, 0.2) is 37.1 Å². The van der Waals surface area contributed by atoms with Gasteiger partial charge in [-0.2, -0.15) is 0 Å². The van der Waals surface area contributed by atoms with Gasteiger partial charge in [0.1, 0.15) is 6.33 Å². The lowest BCUT2D eigenvalue weighted by atomic mass is 10.1. The predicted octanol–water partition coefficient (Wildman–Crippen LogP) is 0.989. The quantitative estimate of drug-likeness (QED) is 0.882. The Morgan fingerprint density at radius 2 is 2.08 bits per heavy atom. The van der Waals surface area contributed by atoms with Crippen molar-refractivity contribution >= 4 is 5.91 Å². The van der Waals surface area contributed by atoms with E-state index in [4.69, 9.17) is 4.74 Å². The van der Waals surface area contributed by atoms with E-state index in [0.717, 1.165) is 38.4 Å². The molecule has 7 heteroatoms. The van der Waals surface area contributed by atoms with Crippen molar-refractivity contribution in [1.29, 1.82) is 0 Å². The standard InChI is InChI=1S/C17H21N5O2/c1-13(11-22-4-6-24-7-5-22)21-17(23)14-2-3-20-16(8-14)15-9-18-12-19-10-15/h2-3,8-10,12-13H,4-7,11H2,1H3,(H,21,23)/t13-/m1/s1. The first-order valence-electron chi connectivity index (χ1n) is 8.05. The van der Waals surface area contributed by atoms with Gasteiger partial charge in [0.05, 0.1) is 18.9 Å². The monoisotopic (exact) mass is 327 g/mol. The zero-order valence-electron chi connectivity index (χ0n) is 13.7. The van der Waals surface area contributed by atoms with Gasteiger partial charge in [0.25, 0.3) is 5.91 Å². The lowest BCUT2D eigenvalue weighted by Gasteiger charge is -2.29. The van der Waals surface area contributed by atoms with Crippen LogP contribution in [0.1, 0.15) is 17.3 Å². The first kappa shape index (κ1) is 16.5. The van der Waals surface area contributed by atoms with Crippen LogP contribution in [0.3, 0.4) is 0 Å². The van der Waals surface area contributed by atoms with E-state index >= 15 is 0 Å². The van der Waals surface area contributed by atoms with Crippen molar-refractivity contribution in [2.45, 2.75) is 13.0 Å². The van der Waals surface area contributed by atoms with Gasteiger partial charge in [-0.25, -0.2) is 9.97 Å². The van der Waals surface area contributed by atoms with Crippen LogP contribution in [0, 0.1) is 0 Å². The highest BCUT2D eigenvalue weighted by Gasteiger charge is 2.16. The molecule has 0 radical (unpaired) electrons. The second-order valence-electron chi connectivity index (χ2n) is 5.84. The first-order chi connectivity index (χ1) is 11.7. The maximum atomic E-state index is 12.5. The number of nitrogens with zero attached hydrogens (tertiary/aromatic N) is 4. The number of nitrogens with one attached hydrogen (secondary N) is 1. The molecule has 0 aromatic carbocycles. The van der Waals surface area contributed by atoms with Gasteiger partial charge in [-0.15, -0.1) is 0 Å². The fourth-order valence-electron chi connectivity index (χ4n) is 2.68. The molecule has 1 atom stereocenters. The van der Waals surface area contributed by atoms with Crippen LogP contribution in [0.4, 0.5) is 0 Å². The number of ether oxygens (including phenoxy) is 1. The average molecular weight is 327 g/mol. The average Bonchev–Trinajstić information content (AvgIpc) is 2.63. The molecule has 1 aliphatic rings. The number of amides is 1. The second kappa shape index (κ2) is 7.94. The van der Waals surface area contributed by atoms with Crippen LogP contribution in [-0.4, -0.2) is 64.6 Å². The van der Waals surface area contributed by atoms with Gasteiger partial charge in [-0.3, -0.25) is 14.7 Å². The lowest BCUT2D eigenvalue weighted by Crippen LogP contribution is -2.46. The number of carbonyl (C=O) groups excluding carboxylic acids is 1. The number of hydrogen-bond donors (Lipinski definition) is 1. The minimum atomic E-state index is -0.101. The van der Waals surface area contributed by atoms with E-state index < -0.39 is 0 Å². The highest BCUT2D eigenvalue weighted by atomic mass is 16.5. The zero-order chi connectivity index (χ0) is 16.8. The Hall–Kier alpha value is -2.38. The molecule has 3 rings (SSSR count). The van der Waals surface area contributed by atoms with Crippen molar-refractivity contribution in [3.05, 3.63) is 42.6 Å². The molecular weight excluding hydrogens is 306 g/mol. The third kappa shape index (κ3) is 4.33. The molecule has 0 spiro atoms. The van der Waals surface area contributed by atoms with Gasteiger partial charge in [-0.05, 0) is 19.1 Å². The fourth-order valence-corrected chi connectivity index (χ4v) is 2.68. The number of morpholine rings is 1. The van der Waals surface area contributed by atoms with Gasteiger partial charge in [-0.1, -0.05) is 0 Å². The third-order valence-electron chi connectivity index (χ3n) is 3.89. The van der Waals surface area contributed by atoms with Gasteiger partial charge < -0.3 is 10.1 Å². The van der Waals surface area contributed by atoms with Gasteiger partial charge in [0.15, 0.2) is 0 Å². The molecule has 2 aromatic rings. The summed E-state index contributed by atoms with van der Waals surface area (Å²) < 4.78 is 5.34. The number of carbonyl (C=O) groups is 1. The van der Waals surface area contributed by atoms with Crippen molar-refractivity contribution in [3.63, 3.8) is 0 Å². The predicted molar refractivity (Wildman–Crippen MR) is 89.5 cm³/mol. The van der Waals surface area contributed by atoms with Crippen LogP contribution < -0.4 is 5.32 Å². The van der Waals surface area contributed by atoms with E-state index in [0.29, 0.717) is 11.3 Å². The van der Waals surface area contributed by atoms with Crippen LogP contribution in [0.5, 0.6) is 0 Å². The zero-order valence-corrected chi connectivity index (χ0v) is 13.7. The SMILES string of the molecule is C[C@H](CN1CCOCC1)NC(=O)c1ccnc(-c2cncnc2)c1. The topological polar surface area (TPSA) is 80.2 Å². The van der Waals surface area contributed by atoms with Crippen molar-refractivity contribution in [2.24, 2.45) is 0 Å². The maximum Gasteiger partial charge on any atom is 0.251 e. The summed E-state index contributed by atoms with van der Waals surface area (Å²) in [5, 5.41) is 3.04. The Labute approximate surface area is 141 Å². The first-order valence-corrected chi connectivity index (χ1v) is 8.05. The molecule has 1 fully saturated rings. The largest absolute Gasteiger partial charge is 0.379 e. The van der Waals surface area contributed by atoms with Gasteiger partial charge >= 0.3 is 0 Å². The molecule has 0 saturated carbocycles. The van der Waals surface area contributed by atoms with Crippen molar-refractivity contribution in [1.82, 2.24) is 25.2 Å². The number of aromatic nitrogens is 3. The van der Waals surface area contributed by atoms with E-state index in [1.165, 1.54) is 6.33 Å². The molecule has 0 aliphatic carbocycles. The van der Waals surface area contributed by atoms with Crippen LogP contribution in [0.2, 0.25) is 0 Å². The van der Waals surface area contributed by atoms with Crippen molar-refractivity contribution in [2.75, 3.05) is 32.8 Å². The van der Waals surface area contributed by atoms with Crippen LogP contribution in [0.25, 0.3) is 11.3 Å². The second-order valence-corrected chi connectivity index (χ2v) is 5.84. The molecule has 2 aromatic heterocycles. The summed E-state index contributed by atoms with van der Waals surface area (Å²) in [6.07, 6.45) is 6.45. The van der Waals surface area contributed by atoms with E-state index in [9.17, 15) is 4.79 Å². The summed E-state index contributed by atoms with van der Waals surface area (Å²) in [7, 11) is 0. The van der Waals surface area contributed by atoms with E-state index in [1.807, 2.05) is 6.92 Å². The fraction of sp³-hybridized carbons (Fsp3) is 0.412. The third-order valence-corrected chi connectivity index (χ3v) is 3.89. The summed E-state index contributed by atoms with van der Waals surface area (Å²) in [4.78, 5) is 27.0. The maximum absolute atomic E-state index is 12.5. The highest BCUT2D eigenvalue weighted by Crippen LogP contribution is 2.15. The van der Waals surface area contributed by atoms with Gasteiger partial charge in [0.2, 0.25) is 0 Å². The van der Waals surface area contributed by atoms with E-state index in [1.54, 1.807) is 30.7 Å². The van der Waals surface area contributed by atoms with E-state index in [-0.39, 0.29) is 11.9 Å². The van der Waals surface area contributed by atoms with Gasteiger partial charge in [0, 0.05) is 55.4 Å². The molecule has 0 unspecified atom stereocenters. The molecular formula is C17H21N5O2. The number of rotatable bonds is 5. The smallest absolute Gasteiger partial charge is 0.251 e. The Bertz CT molecular complexity index is 674. The summed E-state index contributed by atoms with van der Waals surface area (Å²) in [6.45, 7) is 6.17. The Kier molecular flexibility index (Phi) is 5.45. The Morgan fingerprint density at radius 1 is 1.33 bits per heavy atom. The van der Waals surface area contributed by atoms with Crippen molar-refractivity contribution < 1.29 is 9.53 Å². The molecule has 3 heterocycles. The molecule has 1 amide bonds. The molecule has 1 saturated heterocycles. The van der Waals surface area contributed by atoms with Crippen molar-refractivity contribution in [3.8, 4) is 11.3 Å². The lowest BCUT2D eigenvalue weighted by molar-refractivity contribution is 0.0342. The van der Waals surface area contributed by atoms with Crippen LogP contribution in [-0.2, 0) is 4.74 Å². The summed E-state index contributed by atoms with van der Waals surface area (Å²) >= 11 is 0. The molecule has 7 nitrogen and oxygen atoms in total. The summed E-state index contributed by atoms with van der Waals surface area (Å²) in [5.74, 6) is -0.101. The highest BCUT2D eigenvalue weighted by molar-refractivity contribution is 5.95. The summed E-state index contributed by atoms with van der Waals surface area (Å²) in [5.41, 5.74) is 2.05. The normalized spacial score (nSPS) is 16.5. The molecule has 1 N–H and O–H groups in total. The molecule has 126 valence electrons. The minimum Gasteiger partial charge on any atom is -0.379 e. The molecule has 0 bridgehead atoms. The van der Waals surface area contributed by atoms with Crippen LogP contribution >= 0.6 is 0 Å². The number of pyridine rings is 1. The summed E-state index contributed by atoms with van der Waals surface area (Å²) in [6, 6.07) is 3.53. The minimum absolute atomic E-state index is 0.0623.